The molecule has 7 heteroatoms. The molecule has 2 rings (SSSR count). The average molecular weight is 356 g/mol. The summed E-state index contributed by atoms with van der Waals surface area (Å²) >= 11 is 3.37. The van der Waals surface area contributed by atoms with Crippen molar-refractivity contribution in [2.75, 3.05) is 18.1 Å². The number of hydrogen-bond donors (Lipinski definition) is 3. The van der Waals surface area contributed by atoms with Gasteiger partial charge in [-0.2, -0.15) is 0 Å². The molecule has 0 aliphatic rings. The Bertz CT molecular complexity index is 732. The highest BCUT2D eigenvalue weighted by Crippen LogP contribution is 2.28. The van der Waals surface area contributed by atoms with Gasteiger partial charge < -0.3 is 11.1 Å². The Morgan fingerprint density at radius 2 is 1.90 bits per heavy atom. The third kappa shape index (κ3) is 3.30. The molecule has 0 fully saturated rings. The molecular formula is C13H14BrN3O2S. The molecule has 2 aromatic rings. The van der Waals surface area contributed by atoms with E-state index in [0.29, 0.717) is 11.4 Å². The molecule has 0 spiro atoms. The molecule has 2 aromatic carbocycles. The van der Waals surface area contributed by atoms with Gasteiger partial charge in [-0.15, -0.1) is 0 Å². The van der Waals surface area contributed by atoms with Gasteiger partial charge in [0.05, 0.1) is 5.69 Å². The molecule has 0 saturated carbocycles. The summed E-state index contributed by atoms with van der Waals surface area (Å²) in [4.78, 5) is 0.111. The second kappa shape index (κ2) is 5.82. The van der Waals surface area contributed by atoms with E-state index < -0.39 is 10.0 Å². The summed E-state index contributed by atoms with van der Waals surface area (Å²) in [7, 11) is -2.22. The molecule has 5 nitrogen and oxygen atoms in total. The smallest absolute Gasteiger partial charge is 0.242 e. The van der Waals surface area contributed by atoms with Gasteiger partial charge in [0, 0.05) is 15.8 Å². The summed E-state index contributed by atoms with van der Waals surface area (Å²) in [5.74, 6) is 0. The van der Waals surface area contributed by atoms with Gasteiger partial charge in [0.15, 0.2) is 0 Å². The first-order chi connectivity index (χ1) is 9.42. The number of benzene rings is 2. The zero-order chi connectivity index (χ0) is 14.8. The van der Waals surface area contributed by atoms with Crippen LogP contribution in [0.2, 0.25) is 0 Å². The summed E-state index contributed by atoms with van der Waals surface area (Å²) in [5.41, 5.74) is 7.30. The maximum atomic E-state index is 12.0. The van der Waals surface area contributed by atoms with Crippen LogP contribution in [-0.4, -0.2) is 15.5 Å². The van der Waals surface area contributed by atoms with Crippen LogP contribution in [0.25, 0.3) is 0 Å². The van der Waals surface area contributed by atoms with Crippen LogP contribution in [0, 0.1) is 0 Å². The van der Waals surface area contributed by atoms with E-state index in [1.54, 1.807) is 12.1 Å². The normalized spacial score (nSPS) is 11.3. The number of rotatable bonds is 4. The Morgan fingerprint density at radius 3 is 2.55 bits per heavy atom. The highest BCUT2D eigenvalue weighted by atomic mass is 79.9. The summed E-state index contributed by atoms with van der Waals surface area (Å²) in [6.07, 6.45) is 0. The second-order valence-corrected chi connectivity index (χ2v) is 6.87. The van der Waals surface area contributed by atoms with Crippen molar-refractivity contribution in [1.82, 2.24) is 4.72 Å². The summed E-state index contributed by atoms with van der Waals surface area (Å²) in [6, 6.07) is 12.2. The number of sulfonamides is 1. The standard InChI is InChI=1S/C13H14BrN3O2S/c1-16-20(18,19)13-8-10(15)5-6-12(13)17-11-4-2-3-9(14)7-11/h2-8,16-17H,15H2,1H3. The van der Waals surface area contributed by atoms with E-state index in [1.807, 2.05) is 24.3 Å². The lowest BCUT2D eigenvalue weighted by Crippen LogP contribution is -2.20. The molecule has 0 aliphatic carbocycles. The van der Waals surface area contributed by atoms with Crippen molar-refractivity contribution in [3.63, 3.8) is 0 Å². The van der Waals surface area contributed by atoms with E-state index >= 15 is 0 Å². The van der Waals surface area contributed by atoms with Crippen LogP contribution in [0.4, 0.5) is 17.1 Å². The SMILES string of the molecule is CNS(=O)(=O)c1cc(N)ccc1Nc1cccc(Br)c1. The molecular weight excluding hydrogens is 342 g/mol. The fourth-order valence-electron chi connectivity index (χ4n) is 1.70. The number of nitrogen functional groups attached to an aromatic ring is 1. The number of nitrogens with one attached hydrogen (secondary N) is 2. The molecule has 0 aliphatic heterocycles. The number of halogens is 1. The van der Waals surface area contributed by atoms with E-state index in [9.17, 15) is 8.42 Å². The molecule has 0 saturated heterocycles. The van der Waals surface area contributed by atoms with Crippen molar-refractivity contribution < 1.29 is 8.42 Å². The predicted octanol–water partition coefficient (Wildman–Crippen LogP) is 2.68. The van der Waals surface area contributed by atoms with Crippen LogP contribution < -0.4 is 15.8 Å². The minimum atomic E-state index is -3.59. The summed E-state index contributed by atoms with van der Waals surface area (Å²) < 4.78 is 27.2. The molecule has 0 atom stereocenters. The van der Waals surface area contributed by atoms with Crippen molar-refractivity contribution in [2.45, 2.75) is 4.90 Å². The van der Waals surface area contributed by atoms with Gasteiger partial charge in [-0.3, -0.25) is 0 Å². The fourth-order valence-corrected chi connectivity index (χ4v) is 3.02. The van der Waals surface area contributed by atoms with Gasteiger partial charge in [0.25, 0.3) is 0 Å². The Labute approximate surface area is 126 Å². The van der Waals surface area contributed by atoms with Crippen LogP contribution in [0.5, 0.6) is 0 Å². The maximum Gasteiger partial charge on any atom is 0.242 e. The highest BCUT2D eigenvalue weighted by molar-refractivity contribution is 9.10. The monoisotopic (exact) mass is 355 g/mol. The van der Waals surface area contributed by atoms with E-state index in [1.165, 1.54) is 13.1 Å². The lowest BCUT2D eigenvalue weighted by Gasteiger charge is -2.13. The fraction of sp³-hybridized carbons (Fsp3) is 0.0769. The van der Waals surface area contributed by atoms with Crippen LogP contribution >= 0.6 is 15.9 Å². The Balaban J connectivity index is 2.47. The average Bonchev–Trinajstić information content (AvgIpc) is 2.41. The molecule has 0 heterocycles. The predicted molar refractivity (Wildman–Crippen MR) is 84.5 cm³/mol. The molecule has 4 N–H and O–H groups in total. The van der Waals surface area contributed by atoms with Gasteiger partial charge in [0.2, 0.25) is 10.0 Å². The van der Waals surface area contributed by atoms with Crippen molar-refractivity contribution in [2.24, 2.45) is 0 Å². The lowest BCUT2D eigenvalue weighted by molar-refractivity contribution is 0.588. The van der Waals surface area contributed by atoms with E-state index in [2.05, 4.69) is 26.0 Å². The van der Waals surface area contributed by atoms with Crippen molar-refractivity contribution >= 4 is 43.0 Å². The molecule has 0 unspecified atom stereocenters. The quantitative estimate of drug-likeness (QED) is 0.736. The molecule has 0 bridgehead atoms. The van der Waals surface area contributed by atoms with Crippen LogP contribution in [0.3, 0.4) is 0 Å². The number of anilines is 3. The van der Waals surface area contributed by atoms with E-state index in [4.69, 9.17) is 5.73 Å². The molecule has 20 heavy (non-hydrogen) atoms. The largest absolute Gasteiger partial charge is 0.399 e. The van der Waals surface area contributed by atoms with E-state index in [-0.39, 0.29) is 4.90 Å². The zero-order valence-electron chi connectivity index (χ0n) is 10.7. The molecule has 0 amide bonds. The number of nitrogens with two attached hydrogens (primary N) is 1. The molecule has 0 aromatic heterocycles. The van der Waals surface area contributed by atoms with Gasteiger partial charge in [0.1, 0.15) is 4.90 Å². The minimum absolute atomic E-state index is 0.111. The first-order valence-corrected chi connectivity index (χ1v) is 8.05. The van der Waals surface area contributed by atoms with Gasteiger partial charge in [-0.05, 0) is 43.4 Å². The number of hydrogen-bond acceptors (Lipinski definition) is 4. The van der Waals surface area contributed by atoms with Crippen LogP contribution in [-0.2, 0) is 10.0 Å². The minimum Gasteiger partial charge on any atom is -0.399 e. The zero-order valence-corrected chi connectivity index (χ0v) is 13.1. The van der Waals surface area contributed by atoms with Gasteiger partial charge in [-0.25, -0.2) is 13.1 Å². The van der Waals surface area contributed by atoms with E-state index in [0.717, 1.165) is 10.2 Å². The molecule has 106 valence electrons. The Kier molecular flexibility index (Phi) is 4.32. The Hall–Kier alpha value is -1.57. The third-order valence-electron chi connectivity index (χ3n) is 2.67. The van der Waals surface area contributed by atoms with Gasteiger partial charge >= 0.3 is 0 Å². The van der Waals surface area contributed by atoms with Gasteiger partial charge in [-0.1, -0.05) is 22.0 Å². The first-order valence-electron chi connectivity index (χ1n) is 5.78. The van der Waals surface area contributed by atoms with Crippen molar-refractivity contribution in [3.05, 3.63) is 46.9 Å². The van der Waals surface area contributed by atoms with Crippen molar-refractivity contribution in [1.29, 1.82) is 0 Å². The first kappa shape index (κ1) is 14.8. The lowest BCUT2D eigenvalue weighted by atomic mass is 10.2. The third-order valence-corrected chi connectivity index (χ3v) is 4.62. The summed E-state index contributed by atoms with van der Waals surface area (Å²) in [6.45, 7) is 0. The second-order valence-electron chi connectivity index (χ2n) is 4.10. The van der Waals surface area contributed by atoms with Crippen LogP contribution in [0.15, 0.2) is 51.8 Å². The van der Waals surface area contributed by atoms with Crippen LogP contribution in [0.1, 0.15) is 0 Å². The van der Waals surface area contributed by atoms with Crippen molar-refractivity contribution in [3.8, 4) is 0 Å². The maximum absolute atomic E-state index is 12.0. The topological polar surface area (TPSA) is 84.2 Å². The highest BCUT2D eigenvalue weighted by Gasteiger charge is 2.17. The Morgan fingerprint density at radius 1 is 1.15 bits per heavy atom. The summed E-state index contributed by atoms with van der Waals surface area (Å²) in [5, 5.41) is 3.08. The molecule has 0 radical (unpaired) electrons.